The van der Waals surface area contributed by atoms with Crippen molar-refractivity contribution >= 4 is 11.8 Å². The van der Waals surface area contributed by atoms with Gasteiger partial charge in [-0.25, -0.2) is 0 Å². The molecule has 0 unspecified atom stereocenters. The van der Waals surface area contributed by atoms with Gasteiger partial charge in [-0.3, -0.25) is 14.4 Å². The first-order chi connectivity index (χ1) is 7.09. The molecule has 0 saturated carbocycles. The van der Waals surface area contributed by atoms with Crippen LogP contribution >= 0.6 is 0 Å². The zero-order valence-corrected chi connectivity index (χ0v) is 9.50. The summed E-state index contributed by atoms with van der Waals surface area (Å²) in [5.74, 6) is -0.650. The number of rotatable bonds is 5. The van der Waals surface area contributed by atoms with E-state index >= 15 is 0 Å². The van der Waals surface area contributed by atoms with E-state index in [2.05, 4.69) is 6.92 Å². The fraction of sp³-hybridized carbons (Fsp3) is 0.636. The molecule has 0 aromatic heterocycles. The summed E-state index contributed by atoms with van der Waals surface area (Å²) in [6.45, 7) is 5.80. The number of amides is 2. The van der Waals surface area contributed by atoms with Gasteiger partial charge in [0.05, 0.1) is 6.61 Å². The Balaban J connectivity index is 2.46. The minimum atomic E-state index is -0.325. The van der Waals surface area contributed by atoms with E-state index in [0.29, 0.717) is 17.8 Å². The predicted octanol–water partition coefficient (Wildman–Crippen LogP) is 1.81. The zero-order valence-electron chi connectivity index (χ0n) is 9.50. The third-order valence-electron chi connectivity index (χ3n) is 2.54. The molecule has 0 radical (unpaired) electrons. The topological polar surface area (TPSA) is 46.6 Å². The number of hydroxylamine groups is 2. The summed E-state index contributed by atoms with van der Waals surface area (Å²) in [5, 5.41) is 0.875. The molecule has 1 rings (SSSR count). The van der Waals surface area contributed by atoms with Crippen LogP contribution in [-0.2, 0) is 14.4 Å². The Hall–Kier alpha value is -1.16. The number of hydrogen-bond acceptors (Lipinski definition) is 3. The summed E-state index contributed by atoms with van der Waals surface area (Å²) in [6.07, 6.45) is 2.99. The molecule has 0 spiro atoms. The maximum absolute atomic E-state index is 11.5. The molecule has 0 N–H and O–H groups in total. The van der Waals surface area contributed by atoms with Crippen LogP contribution in [0.4, 0.5) is 0 Å². The van der Waals surface area contributed by atoms with Crippen molar-refractivity contribution < 1.29 is 14.4 Å². The van der Waals surface area contributed by atoms with Crippen LogP contribution in [0.1, 0.15) is 40.0 Å². The molecule has 4 nitrogen and oxygen atoms in total. The van der Waals surface area contributed by atoms with E-state index in [1.807, 2.05) is 0 Å². The highest BCUT2D eigenvalue weighted by molar-refractivity contribution is 6.17. The van der Waals surface area contributed by atoms with Gasteiger partial charge in [-0.2, -0.15) is 0 Å². The van der Waals surface area contributed by atoms with Gasteiger partial charge in [0.1, 0.15) is 0 Å². The van der Waals surface area contributed by atoms with E-state index < -0.39 is 0 Å². The number of nitrogens with zero attached hydrogens (tertiary/aromatic N) is 1. The second kappa shape index (κ2) is 5.07. The van der Waals surface area contributed by atoms with E-state index in [1.165, 1.54) is 0 Å². The number of carbonyl (C=O) groups is 2. The quantitative estimate of drug-likeness (QED) is 0.514. The first-order valence-corrected chi connectivity index (χ1v) is 5.28. The Bertz CT molecular complexity index is 283. The lowest BCUT2D eigenvalue weighted by molar-refractivity contribution is -0.186. The highest BCUT2D eigenvalue weighted by Gasteiger charge is 2.34. The maximum Gasteiger partial charge on any atom is 0.281 e. The summed E-state index contributed by atoms with van der Waals surface area (Å²) in [6, 6.07) is 0. The normalized spacial score (nSPS) is 16.9. The SMILES string of the molecule is CCCCCON1C(=O)C(C)=C(C)C1=O. The molecule has 0 atom stereocenters. The number of hydrogen-bond donors (Lipinski definition) is 0. The lowest BCUT2D eigenvalue weighted by atomic mass is 10.2. The van der Waals surface area contributed by atoms with Gasteiger partial charge in [0, 0.05) is 11.1 Å². The average molecular weight is 211 g/mol. The Labute approximate surface area is 89.8 Å². The average Bonchev–Trinajstić information content (AvgIpc) is 2.41. The standard InChI is InChI=1S/C11H17NO3/c1-4-5-6-7-15-12-10(13)8(2)9(3)11(12)14/h4-7H2,1-3H3. The van der Waals surface area contributed by atoms with Crippen molar-refractivity contribution in [3.05, 3.63) is 11.1 Å². The van der Waals surface area contributed by atoms with Crippen LogP contribution in [0.3, 0.4) is 0 Å². The predicted molar refractivity (Wildman–Crippen MR) is 55.7 cm³/mol. The third-order valence-corrected chi connectivity index (χ3v) is 2.54. The van der Waals surface area contributed by atoms with Gasteiger partial charge >= 0.3 is 0 Å². The van der Waals surface area contributed by atoms with Gasteiger partial charge in [0.15, 0.2) is 0 Å². The van der Waals surface area contributed by atoms with Crippen molar-refractivity contribution in [3.63, 3.8) is 0 Å². The Morgan fingerprint density at radius 1 is 1.07 bits per heavy atom. The monoisotopic (exact) mass is 211 g/mol. The molecule has 15 heavy (non-hydrogen) atoms. The van der Waals surface area contributed by atoms with Gasteiger partial charge in [0.25, 0.3) is 11.8 Å². The lowest BCUT2D eigenvalue weighted by Gasteiger charge is -2.13. The first kappa shape index (κ1) is 11.9. The van der Waals surface area contributed by atoms with Crippen molar-refractivity contribution in [2.75, 3.05) is 6.61 Å². The van der Waals surface area contributed by atoms with Crippen LogP contribution in [0.15, 0.2) is 11.1 Å². The van der Waals surface area contributed by atoms with E-state index in [0.717, 1.165) is 24.3 Å². The van der Waals surface area contributed by atoms with Crippen LogP contribution in [0.2, 0.25) is 0 Å². The summed E-state index contributed by atoms with van der Waals surface area (Å²) >= 11 is 0. The summed E-state index contributed by atoms with van der Waals surface area (Å²) in [4.78, 5) is 28.2. The number of imide groups is 1. The van der Waals surface area contributed by atoms with E-state index in [1.54, 1.807) is 13.8 Å². The van der Waals surface area contributed by atoms with Crippen molar-refractivity contribution in [1.29, 1.82) is 0 Å². The largest absolute Gasteiger partial charge is 0.281 e. The van der Waals surface area contributed by atoms with Crippen molar-refractivity contribution in [2.24, 2.45) is 0 Å². The van der Waals surface area contributed by atoms with Crippen LogP contribution in [0.5, 0.6) is 0 Å². The van der Waals surface area contributed by atoms with Crippen LogP contribution in [-0.4, -0.2) is 23.5 Å². The van der Waals surface area contributed by atoms with Crippen molar-refractivity contribution in [3.8, 4) is 0 Å². The van der Waals surface area contributed by atoms with Crippen molar-refractivity contribution in [2.45, 2.75) is 40.0 Å². The fourth-order valence-electron chi connectivity index (χ4n) is 1.34. The van der Waals surface area contributed by atoms with Crippen LogP contribution < -0.4 is 0 Å². The van der Waals surface area contributed by atoms with Gasteiger partial charge in [-0.05, 0) is 20.3 Å². The van der Waals surface area contributed by atoms with Gasteiger partial charge < -0.3 is 0 Å². The zero-order chi connectivity index (χ0) is 11.4. The Morgan fingerprint density at radius 3 is 2.07 bits per heavy atom. The number of carbonyl (C=O) groups excluding carboxylic acids is 2. The minimum Gasteiger partial charge on any atom is -0.267 e. The molecular weight excluding hydrogens is 194 g/mol. The molecule has 0 aromatic rings. The second-order valence-corrected chi connectivity index (χ2v) is 3.70. The van der Waals surface area contributed by atoms with Gasteiger partial charge in [0.2, 0.25) is 0 Å². The van der Waals surface area contributed by atoms with Gasteiger partial charge in [-0.1, -0.05) is 19.8 Å². The molecule has 0 saturated heterocycles. The second-order valence-electron chi connectivity index (χ2n) is 3.70. The lowest BCUT2D eigenvalue weighted by Crippen LogP contribution is -2.32. The molecule has 1 heterocycles. The molecule has 4 heteroatoms. The summed E-state index contributed by atoms with van der Waals surface area (Å²) in [5.41, 5.74) is 0.964. The molecule has 1 aliphatic rings. The third kappa shape index (κ3) is 2.45. The molecule has 1 aliphatic heterocycles. The molecular formula is C11H17NO3. The summed E-state index contributed by atoms with van der Waals surface area (Å²) in [7, 11) is 0. The molecule has 0 bridgehead atoms. The molecule has 0 aromatic carbocycles. The highest BCUT2D eigenvalue weighted by atomic mass is 16.7. The minimum absolute atomic E-state index is 0.325. The molecule has 2 amide bonds. The fourth-order valence-corrected chi connectivity index (χ4v) is 1.34. The van der Waals surface area contributed by atoms with E-state index in [9.17, 15) is 9.59 Å². The van der Waals surface area contributed by atoms with Crippen LogP contribution in [0, 0.1) is 0 Å². The summed E-state index contributed by atoms with van der Waals surface area (Å²) < 4.78 is 0. The molecule has 84 valence electrons. The Morgan fingerprint density at radius 2 is 1.60 bits per heavy atom. The highest BCUT2D eigenvalue weighted by Crippen LogP contribution is 2.19. The molecule has 0 fully saturated rings. The molecule has 0 aliphatic carbocycles. The van der Waals surface area contributed by atoms with Gasteiger partial charge in [-0.15, -0.1) is 5.06 Å². The Kier molecular flexibility index (Phi) is 4.03. The van der Waals surface area contributed by atoms with E-state index in [4.69, 9.17) is 4.84 Å². The first-order valence-electron chi connectivity index (χ1n) is 5.28. The van der Waals surface area contributed by atoms with Crippen molar-refractivity contribution in [1.82, 2.24) is 5.06 Å². The number of unbranched alkanes of at least 4 members (excludes halogenated alkanes) is 2. The maximum atomic E-state index is 11.5. The smallest absolute Gasteiger partial charge is 0.267 e. The van der Waals surface area contributed by atoms with Crippen LogP contribution in [0.25, 0.3) is 0 Å². The van der Waals surface area contributed by atoms with E-state index in [-0.39, 0.29) is 11.8 Å².